The van der Waals surface area contributed by atoms with Gasteiger partial charge in [0, 0.05) is 23.9 Å². The van der Waals surface area contributed by atoms with Gasteiger partial charge in [0.25, 0.3) is 0 Å². The molecule has 2 rings (SSSR count). The van der Waals surface area contributed by atoms with Crippen LogP contribution in [0, 0.1) is 6.92 Å². The number of hydrogen-bond donors (Lipinski definition) is 2. The normalized spacial score (nSPS) is 10.1. The van der Waals surface area contributed by atoms with E-state index in [0.29, 0.717) is 16.6 Å². The lowest BCUT2D eigenvalue weighted by Gasteiger charge is -2.04. The van der Waals surface area contributed by atoms with Gasteiger partial charge < -0.3 is 10.4 Å². The molecule has 2 N–H and O–H groups in total. The lowest BCUT2D eigenvalue weighted by atomic mass is 10.2. The highest BCUT2D eigenvalue weighted by Crippen LogP contribution is 2.21. The monoisotopic (exact) mass is 236 g/mol. The Morgan fingerprint density at radius 3 is 3.00 bits per heavy atom. The van der Waals surface area contributed by atoms with E-state index in [1.54, 1.807) is 13.0 Å². The molecule has 7 heteroatoms. The van der Waals surface area contributed by atoms with Crippen molar-refractivity contribution in [3.05, 3.63) is 29.8 Å². The highest BCUT2D eigenvalue weighted by Gasteiger charge is 2.11. The van der Waals surface area contributed by atoms with E-state index in [0.717, 1.165) is 0 Å². The quantitative estimate of drug-likeness (QED) is 0.843. The number of aryl methyl sites for hydroxylation is 1. The van der Waals surface area contributed by atoms with Gasteiger partial charge in [0.05, 0.1) is 5.69 Å². The molecule has 0 atom stereocenters. The van der Waals surface area contributed by atoms with Gasteiger partial charge in [-0.15, -0.1) is 0 Å². The molecule has 6 nitrogen and oxygen atoms in total. The Balaban J connectivity index is 2.31. The van der Waals surface area contributed by atoms with E-state index in [1.807, 2.05) is 0 Å². The molecule has 0 saturated carbocycles. The maximum Gasteiger partial charge on any atom is 0.339 e. The molecule has 0 bridgehead atoms. The van der Waals surface area contributed by atoms with E-state index in [9.17, 15) is 4.79 Å². The molecule has 0 saturated heterocycles. The zero-order valence-electron chi connectivity index (χ0n) is 8.34. The van der Waals surface area contributed by atoms with Crippen molar-refractivity contribution in [2.75, 3.05) is 5.32 Å². The summed E-state index contributed by atoms with van der Waals surface area (Å²) in [5, 5.41) is 12.4. The van der Waals surface area contributed by atoms with Crippen LogP contribution in [0.1, 0.15) is 16.2 Å². The maximum absolute atomic E-state index is 10.9. The van der Waals surface area contributed by atoms with Gasteiger partial charge in [0.1, 0.15) is 11.4 Å². The Hall–Kier alpha value is -2.02. The number of carboxylic acids is 1. The highest BCUT2D eigenvalue weighted by atomic mass is 32.1. The van der Waals surface area contributed by atoms with Crippen molar-refractivity contribution in [3.8, 4) is 0 Å². The topological polar surface area (TPSA) is 88.0 Å². The molecule has 2 aromatic heterocycles. The number of aromatic carboxylic acids is 1. The summed E-state index contributed by atoms with van der Waals surface area (Å²) in [4.78, 5) is 18.8. The molecular weight excluding hydrogens is 228 g/mol. The van der Waals surface area contributed by atoms with Crippen LogP contribution in [0.4, 0.5) is 10.8 Å². The zero-order valence-corrected chi connectivity index (χ0v) is 9.15. The Bertz CT molecular complexity index is 526. The third kappa shape index (κ3) is 2.14. The lowest BCUT2D eigenvalue weighted by Crippen LogP contribution is -2.03. The number of rotatable bonds is 3. The second kappa shape index (κ2) is 4.23. The molecule has 0 amide bonds. The summed E-state index contributed by atoms with van der Waals surface area (Å²) < 4.78 is 3.99. The number of aromatic nitrogens is 3. The summed E-state index contributed by atoms with van der Waals surface area (Å²) in [5.74, 6) is -0.379. The fourth-order valence-corrected chi connectivity index (χ4v) is 1.72. The lowest BCUT2D eigenvalue weighted by molar-refractivity contribution is 0.0697. The number of pyridine rings is 1. The Kier molecular flexibility index (Phi) is 2.78. The van der Waals surface area contributed by atoms with Crippen LogP contribution < -0.4 is 5.32 Å². The standard InChI is InChI=1S/C9H8N4O2S/c1-5-11-9(16-13-5)12-7-2-3-10-4-6(7)8(14)15/h2-4H,1H3,(H,14,15)(H,10,11,12,13). The fraction of sp³-hybridized carbons (Fsp3) is 0.111. The van der Waals surface area contributed by atoms with Gasteiger partial charge in [-0.25, -0.2) is 9.78 Å². The average Bonchev–Trinajstić information content (AvgIpc) is 2.64. The SMILES string of the molecule is Cc1nsc(Nc2ccncc2C(=O)O)n1. The minimum absolute atomic E-state index is 0.107. The van der Waals surface area contributed by atoms with Gasteiger partial charge in [-0.05, 0) is 13.0 Å². The van der Waals surface area contributed by atoms with Crippen LogP contribution in [0.5, 0.6) is 0 Å². The summed E-state index contributed by atoms with van der Waals surface area (Å²) in [6.07, 6.45) is 2.81. The van der Waals surface area contributed by atoms with Crippen LogP contribution in [-0.2, 0) is 0 Å². The second-order valence-corrected chi connectivity index (χ2v) is 3.75. The minimum Gasteiger partial charge on any atom is -0.478 e. The molecule has 0 unspecified atom stereocenters. The van der Waals surface area contributed by atoms with Gasteiger partial charge >= 0.3 is 5.97 Å². The highest BCUT2D eigenvalue weighted by molar-refractivity contribution is 7.09. The summed E-state index contributed by atoms with van der Waals surface area (Å²) in [5.41, 5.74) is 0.564. The third-order valence-corrected chi connectivity index (χ3v) is 2.54. The molecule has 16 heavy (non-hydrogen) atoms. The first-order valence-corrected chi connectivity index (χ1v) is 5.19. The zero-order chi connectivity index (χ0) is 11.5. The Labute approximate surface area is 95.2 Å². The van der Waals surface area contributed by atoms with Gasteiger partial charge in [0.15, 0.2) is 0 Å². The van der Waals surface area contributed by atoms with E-state index < -0.39 is 5.97 Å². The van der Waals surface area contributed by atoms with Crippen molar-refractivity contribution in [3.63, 3.8) is 0 Å². The van der Waals surface area contributed by atoms with E-state index >= 15 is 0 Å². The number of anilines is 2. The predicted molar refractivity (Wildman–Crippen MR) is 59.1 cm³/mol. The van der Waals surface area contributed by atoms with Crippen LogP contribution in [0.15, 0.2) is 18.5 Å². The van der Waals surface area contributed by atoms with Crippen molar-refractivity contribution < 1.29 is 9.90 Å². The van der Waals surface area contributed by atoms with Crippen LogP contribution in [0.2, 0.25) is 0 Å². The first-order chi connectivity index (χ1) is 7.66. The minimum atomic E-state index is -1.03. The molecule has 0 aliphatic rings. The van der Waals surface area contributed by atoms with E-state index in [-0.39, 0.29) is 5.56 Å². The summed E-state index contributed by atoms with van der Waals surface area (Å²) in [6.45, 7) is 1.77. The Morgan fingerprint density at radius 2 is 2.38 bits per heavy atom. The van der Waals surface area contributed by atoms with Crippen molar-refractivity contribution in [1.82, 2.24) is 14.3 Å². The van der Waals surface area contributed by atoms with Gasteiger partial charge in [0.2, 0.25) is 5.13 Å². The first kappa shape index (κ1) is 10.5. The molecule has 0 aliphatic carbocycles. The van der Waals surface area contributed by atoms with E-state index in [1.165, 1.54) is 23.9 Å². The molecule has 0 aromatic carbocycles. The van der Waals surface area contributed by atoms with Crippen molar-refractivity contribution >= 4 is 28.3 Å². The van der Waals surface area contributed by atoms with Crippen molar-refractivity contribution in [1.29, 1.82) is 0 Å². The third-order valence-electron chi connectivity index (χ3n) is 1.82. The molecule has 82 valence electrons. The van der Waals surface area contributed by atoms with E-state index in [4.69, 9.17) is 5.11 Å². The largest absolute Gasteiger partial charge is 0.478 e. The maximum atomic E-state index is 10.9. The first-order valence-electron chi connectivity index (χ1n) is 4.41. The molecular formula is C9H8N4O2S. The summed E-state index contributed by atoms with van der Waals surface area (Å²) in [7, 11) is 0. The van der Waals surface area contributed by atoms with Crippen LogP contribution in [-0.4, -0.2) is 25.4 Å². The summed E-state index contributed by atoms with van der Waals surface area (Å²) in [6, 6.07) is 1.58. The van der Waals surface area contributed by atoms with E-state index in [2.05, 4.69) is 19.7 Å². The van der Waals surface area contributed by atoms with Gasteiger partial charge in [-0.3, -0.25) is 4.98 Å². The molecule has 2 aromatic rings. The molecule has 0 spiro atoms. The molecule has 0 fully saturated rings. The number of hydrogen-bond acceptors (Lipinski definition) is 6. The van der Waals surface area contributed by atoms with Crippen LogP contribution in [0.3, 0.4) is 0 Å². The summed E-state index contributed by atoms with van der Waals surface area (Å²) >= 11 is 1.18. The average molecular weight is 236 g/mol. The molecule has 0 aliphatic heterocycles. The van der Waals surface area contributed by atoms with Gasteiger partial charge in [-0.2, -0.15) is 4.37 Å². The number of carboxylic acid groups (broad SMARTS) is 1. The fourth-order valence-electron chi connectivity index (χ4n) is 1.14. The van der Waals surface area contributed by atoms with Crippen LogP contribution >= 0.6 is 11.5 Å². The Morgan fingerprint density at radius 1 is 1.56 bits per heavy atom. The molecule has 2 heterocycles. The number of nitrogens with zero attached hydrogens (tertiary/aromatic N) is 3. The molecule has 0 radical (unpaired) electrons. The van der Waals surface area contributed by atoms with Gasteiger partial charge in [-0.1, -0.05) is 0 Å². The van der Waals surface area contributed by atoms with Crippen molar-refractivity contribution in [2.24, 2.45) is 0 Å². The second-order valence-electron chi connectivity index (χ2n) is 3.00. The van der Waals surface area contributed by atoms with Crippen molar-refractivity contribution in [2.45, 2.75) is 6.92 Å². The number of nitrogens with one attached hydrogen (secondary N) is 1. The van der Waals surface area contributed by atoms with Crippen LogP contribution in [0.25, 0.3) is 0 Å². The predicted octanol–water partition coefficient (Wildman–Crippen LogP) is 1.68. The number of carbonyl (C=O) groups is 1. The smallest absolute Gasteiger partial charge is 0.339 e.